The van der Waals surface area contributed by atoms with E-state index < -0.39 is 0 Å². The zero-order valence-corrected chi connectivity index (χ0v) is 15.0. The Morgan fingerprint density at radius 1 is 1.00 bits per heavy atom. The van der Waals surface area contributed by atoms with Gasteiger partial charge >= 0.3 is 0 Å². The first kappa shape index (κ1) is 20.0. The Kier molecular flexibility index (Phi) is 9.09. The third-order valence-electron chi connectivity index (χ3n) is 3.52. The Morgan fingerprint density at radius 3 is 2.10 bits per heavy atom. The van der Waals surface area contributed by atoms with Crippen molar-refractivity contribution in [1.82, 2.24) is 10.6 Å². The van der Waals surface area contributed by atoms with Gasteiger partial charge in [0.1, 0.15) is 0 Å². The zero-order valence-electron chi connectivity index (χ0n) is 15.0. The molecule has 0 saturated heterocycles. The molecule has 0 heterocycles. The van der Waals surface area contributed by atoms with E-state index in [1.165, 1.54) is 6.42 Å². The molecule has 2 N–H and O–H groups in total. The molecular formula is C17H37BN2. The van der Waals surface area contributed by atoms with E-state index in [0.29, 0.717) is 11.8 Å². The lowest BCUT2D eigenvalue weighted by molar-refractivity contribution is 0.289. The van der Waals surface area contributed by atoms with Crippen molar-refractivity contribution in [3.05, 3.63) is 0 Å². The zero-order chi connectivity index (χ0) is 15.8. The molecule has 0 aliphatic carbocycles. The van der Waals surface area contributed by atoms with Crippen molar-refractivity contribution in [2.75, 3.05) is 19.6 Å². The maximum atomic E-state index is 5.98. The Hall–Kier alpha value is -0.0151. The summed E-state index contributed by atoms with van der Waals surface area (Å²) in [5.74, 6) is 1.40. The molecule has 1 unspecified atom stereocenters. The van der Waals surface area contributed by atoms with Crippen molar-refractivity contribution in [3.8, 4) is 0 Å². The summed E-state index contributed by atoms with van der Waals surface area (Å²) in [6.07, 6.45) is 3.44. The van der Waals surface area contributed by atoms with Gasteiger partial charge in [-0.2, -0.15) is 0 Å². The first-order valence-corrected chi connectivity index (χ1v) is 8.26. The molecule has 0 aromatic heterocycles. The van der Waals surface area contributed by atoms with E-state index in [-0.39, 0.29) is 10.9 Å². The molecule has 2 radical (unpaired) electrons. The molecule has 0 rings (SSSR count). The van der Waals surface area contributed by atoms with Gasteiger partial charge in [-0.3, -0.25) is 0 Å². The van der Waals surface area contributed by atoms with Crippen molar-refractivity contribution < 1.29 is 0 Å². The van der Waals surface area contributed by atoms with Crippen LogP contribution in [-0.4, -0.2) is 33.0 Å². The average molecular weight is 280 g/mol. The van der Waals surface area contributed by atoms with Crippen LogP contribution in [0.3, 0.4) is 0 Å². The first-order valence-electron chi connectivity index (χ1n) is 8.26. The van der Waals surface area contributed by atoms with Crippen LogP contribution in [-0.2, 0) is 0 Å². The van der Waals surface area contributed by atoms with Gasteiger partial charge in [-0.15, -0.1) is 0 Å². The van der Waals surface area contributed by atoms with Crippen molar-refractivity contribution >= 4 is 7.85 Å². The molecule has 0 fully saturated rings. The van der Waals surface area contributed by atoms with Crippen LogP contribution in [0.25, 0.3) is 0 Å². The van der Waals surface area contributed by atoms with Crippen molar-refractivity contribution in [1.29, 1.82) is 0 Å². The Bertz CT molecular complexity index is 244. The second kappa shape index (κ2) is 9.09. The minimum atomic E-state index is -0.0317. The van der Waals surface area contributed by atoms with E-state index in [4.69, 9.17) is 7.85 Å². The van der Waals surface area contributed by atoms with E-state index in [2.05, 4.69) is 59.1 Å². The highest BCUT2D eigenvalue weighted by Crippen LogP contribution is 2.24. The van der Waals surface area contributed by atoms with Crippen molar-refractivity contribution in [2.45, 2.75) is 78.6 Å². The lowest BCUT2D eigenvalue weighted by Crippen LogP contribution is -2.43. The van der Waals surface area contributed by atoms with Gasteiger partial charge in [0.05, 0.1) is 7.85 Å². The highest BCUT2D eigenvalue weighted by molar-refractivity contribution is 6.14. The third kappa shape index (κ3) is 13.0. The highest BCUT2D eigenvalue weighted by atomic mass is 15.0. The molecule has 0 saturated carbocycles. The van der Waals surface area contributed by atoms with Gasteiger partial charge in [0, 0.05) is 5.54 Å². The minimum absolute atomic E-state index is 0.0317. The van der Waals surface area contributed by atoms with Gasteiger partial charge in [-0.25, -0.2) is 0 Å². The van der Waals surface area contributed by atoms with Crippen LogP contribution >= 0.6 is 0 Å². The SMILES string of the molecule is [B]C(C)(C)CCCNCC(C)CC(C)(C)NCC(C)C. The van der Waals surface area contributed by atoms with E-state index in [1.54, 1.807) is 0 Å². The molecule has 3 heteroatoms. The number of hydrogen-bond donors (Lipinski definition) is 2. The third-order valence-corrected chi connectivity index (χ3v) is 3.52. The fraction of sp³-hybridized carbons (Fsp3) is 1.00. The van der Waals surface area contributed by atoms with Crippen LogP contribution in [0.15, 0.2) is 0 Å². The smallest absolute Gasteiger partial charge is 0.0738 e. The van der Waals surface area contributed by atoms with Crippen LogP contribution < -0.4 is 10.6 Å². The number of nitrogens with one attached hydrogen (secondary N) is 2. The normalized spacial score (nSPS) is 14.8. The second-order valence-electron chi connectivity index (χ2n) is 8.26. The van der Waals surface area contributed by atoms with Crippen LogP contribution in [0.5, 0.6) is 0 Å². The summed E-state index contributed by atoms with van der Waals surface area (Å²) in [7, 11) is 5.98. The van der Waals surface area contributed by atoms with Crippen LogP contribution in [0.1, 0.15) is 67.7 Å². The molecule has 0 aliphatic rings. The highest BCUT2D eigenvalue weighted by Gasteiger charge is 2.20. The maximum absolute atomic E-state index is 5.98. The molecule has 0 spiro atoms. The molecule has 0 aromatic carbocycles. The number of hydrogen-bond acceptors (Lipinski definition) is 2. The fourth-order valence-electron chi connectivity index (χ4n) is 2.51. The molecular weight excluding hydrogens is 243 g/mol. The Balaban J connectivity index is 3.74. The topological polar surface area (TPSA) is 24.1 Å². The predicted octanol–water partition coefficient (Wildman–Crippen LogP) is 3.77. The fourth-order valence-corrected chi connectivity index (χ4v) is 2.51. The minimum Gasteiger partial charge on any atom is -0.316 e. The van der Waals surface area contributed by atoms with Crippen molar-refractivity contribution in [3.63, 3.8) is 0 Å². The molecule has 2 nitrogen and oxygen atoms in total. The largest absolute Gasteiger partial charge is 0.316 e. The summed E-state index contributed by atoms with van der Waals surface area (Å²) in [6.45, 7) is 18.9. The molecule has 20 heavy (non-hydrogen) atoms. The summed E-state index contributed by atoms with van der Waals surface area (Å²) in [5.41, 5.74) is 0.227. The molecule has 0 aromatic rings. The first-order chi connectivity index (χ1) is 9.02. The summed E-state index contributed by atoms with van der Waals surface area (Å²) in [5, 5.41) is 7.20. The van der Waals surface area contributed by atoms with Crippen LogP contribution in [0.2, 0.25) is 5.31 Å². The molecule has 118 valence electrons. The summed E-state index contributed by atoms with van der Waals surface area (Å²) in [4.78, 5) is 0. The summed E-state index contributed by atoms with van der Waals surface area (Å²) >= 11 is 0. The molecule has 1 atom stereocenters. The van der Waals surface area contributed by atoms with Gasteiger partial charge in [0.15, 0.2) is 0 Å². The Labute approximate surface area is 129 Å². The molecule has 0 aliphatic heterocycles. The Morgan fingerprint density at radius 2 is 1.60 bits per heavy atom. The van der Waals surface area contributed by atoms with E-state index in [9.17, 15) is 0 Å². The van der Waals surface area contributed by atoms with Gasteiger partial charge in [-0.1, -0.05) is 46.4 Å². The standard InChI is InChI=1S/C17H37BN2/c1-14(2)12-20-17(6,7)11-15(3)13-19-10-8-9-16(4,5)18/h14-15,19-20H,8-13H2,1-7H3. The van der Waals surface area contributed by atoms with Gasteiger partial charge < -0.3 is 10.6 Å². The van der Waals surface area contributed by atoms with Crippen molar-refractivity contribution in [2.24, 2.45) is 11.8 Å². The van der Waals surface area contributed by atoms with Gasteiger partial charge in [-0.05, 0) is 58.2 Å². The van der Waals surface area contributed by atoms with E-state index in [1.807, 2.05) is 0 Å². The lowest BCUT2D eigenvalue weighted by atomic mass is 9.69. The maximum Gasteiger partial charge on any atom is 0.0738 e. The lowest BCUT2D eigenvalue weighted by Gasteiger charge is -2.30. The molecule has 0 bridgehead atoms. The average Bonchev–Trinajstić information content (AvgIpc) is 2.24. The summed E-state index contributed by atoms with van der Waals surface area (Å²) in [6, 6.07) is 0. The van der Waals surface area contributed by atoms with Crippen LogP contribution in [0.4, 0.5) is 0 Å². The van der Waals surface area contributed by atoms with Crippen LogP contribution in [0, 0.1) is 11.8 Å². The van der Waals surface area contributed by atoms with Gasteiger partial charge in [0.25, 0.3) is 0 Å². The molecule has 0 amide bonds. The number of rotatable bonds is 11. The second-order valence-corrected chi connectivity index (χ2v) is 8.26. The van der Waals surface area contributed by atoms with Gasteiger partial charge in [0.2, 0.25) is 0 Å². The predicted molar refractivity (Wildman–Crippen MR) is 92.6 cm³/mol. The quantitative estimate of drug-likeness (QED) is 0.444. The van der Waals surface area contributed by atoms with E-state index >= 15 is 0 Å². The summed E-state index contributed by atoms with van der Waals surface area (Å²) < 4.78 is 0. The monoisotopic (exact) mass is 280 g/mol. The van der Waals surface area contributed by atoms with E-state index in [0.717, 1.165) is 32.5 Å².